The van der Waals surface area contributed by atoms with Crippen LogP contribution in [0, 0.1) is 0 Å². The Balaban J connectivity index is 2.65. The minimum absolute atomic E-state index is 0.211. The lowest BCUT2D eigenvalue weighted by Crippen LogP contribution is -2.37. The number of ketones is 1. The summed E-state index contributed by atoms with van der Waals surface area (Å²) in [5, 5.41) is 0. The van der Waals surface area contributed by atoms with Gasteiger partial charge in [0.05, 0.1) is 6.54 Å². The zero-order valence-corrected chi connectivity index (χ0v) is 14.2. The van der Waals surface area contributed by atoms with Crippen LogP contribution in [0.15, 0.2) is 24.3 Å². The van der Waals surface area contributed by atoms with Crippen LogP contribution in [-0.4, -0.2) is 42.3 Å². The molecule has 0 aliphatic rings. The van der Waals surface area contributed by atoms with Gasteiger partial charge < -0.3 is 0 Å². The molecule has 0 aromatic heterocycles. The minimum Gasteiger partial charge on any atom is -0.295 e. The first-order valence-electron chi connectivity index (χ1n) is 7.31. The molecule has 1 rings (SSSR count). The molecular weight excluding hydrogens is 266 g/mol. The molecule has 0 radical (unpaired) electrons. The van der Waals surface area contributed by atoms with E-state index in [1.165, 1.54) is 5.56 Å². The Hall–Kier alpha value is -0.800. The van der Waals surface area contributed by atoms with Crippen molar-refractivity contribution in [2.24, 2.45) is 0 Å². The van der Waals surface area contributed by atoms with Crippen LogP contribution in [0.2, 0.25) is 0 Å². The van der Waals surface area contributed by atoms with Crippen molar-refractivity contribution in [3.63, 3.8) is 0 Å². The molecule has 0 aliphatic carbocycles. The highest BCUT2D eigenvalue weighted by Gasteiger charge is 2.16. The van der Waals surface area contributed by atoms with Crippen molar-refractivity contribution in [1.29, 1.82) is 0 Å². The van der Waals surface area contributed by atoms with Gasteiger partial charge in [-0.2, -0.15) is 11.8 Å². The third-order valence-corrected chi connectivity index (χ3v) is 4.46. The molecule has 112 valence electrons. The third kappa shape index (κ3) is 4.95. The lowest BCUT2D eigenvalue weighted by molar-refractivity contribution is 0.0925. The summed E-state index contributed by atoms with van der Waals surface area (Å²) in [6.07, 6.45) is 3.19. The van der Waals surface area contributed by atoms with Crippen LogP contribution < -0.4 is 0 Å². The van der Waals surface area contributed by atoms with Gasteiger partial charge in [-0.05, 0) is 31.2 Å². The highest BCUT2D eigenvalue weighted by molar-refractivity contribution is 7.98. The summed E-state index contributed by atoms with van der Waals surface area (Å²) in [5.74, 6) is 1.79. The maximum absolute atomic E-state index is 12.3. The highest BCUT2D eigenvalue weighted by atomic mass is 32.2. The van der Waals surface area contributed by atoms with Gasteiger partial charge in [-0.25, -0.2) is 0 Å². The Morgan fingerprint density at radius 1 is 1.25 bits per heavy atom. The largest absolute Gasteiger partial charge is 0.295 e. The average molecular weight is 293 g/mol. The molecule has 1 unspecified atom stereocenters. The van der Waals surface area contributed by atoms with Gasteiger partial charge in [-0.3, -0.25) is 9.69 Å². The Labute approximate surface area is 127 Å². The summed E-state index contributed by atoms with van der Waals surface area (Å²) in [7, 11) is 2.05. The maximum atomic E-state index is 12.3. The molecule has 0 aliphatic heterocycles. The predicted octanol–water partition coefficient (Wildman–Crippen LogP) is 4.07. The summed E-state index contributed by atoms with van der Waals surface area (Å²) in [6.45, 7) is 7.01. The molecule has 2 nitrogen and oxygen atoms in total. The number of Topliss-reactive ketones (excluding diaryl/α,β-unsaturated/α-hetero) is 1. The molecule has 0 fully saturated rings. The molecule has 0 saturated carbocycles. The van der Waals surface area contributed by atoms with Crippen molar-refractivity contribution in [2.45, 2.75) is 39.2 Å². The number of hydrogen-bond donors (Lipinski definition) is 0. The van der Waals surface area contributed by atoms with Crippen LogP contribution in [0.3, 0.4) is 0 Å². The molecule has 0 spiro atoms. The monoisotopic (exact) mass is 293 g/mol. The van der Waals surface area contributed by atoms with Gasteiger partial charge >= 0.3 is 0 Å². The summed E-state index contributed by atoms with van der Waals surface area (Å²) >= 11 is 1.84. The van der Waals surface area contributed by atoms with Gasteiger partial charge in [0.15, 0.2) is 5.78 Å². The fourth-order valence-electron chi connectivity index (χ4n) is 2.25. The smallest absolute Gasteiger partial charge is 0.176 e. The van der Waals surface area contributed by atoms with Crippen LogP contribution in [0.1, 0.15) is 49.0 Å². The Kier molecular flexibility index (Phi) is 7.31. The Morgan fingerprint density at radius 3 is 2.30 bits per heavy atom. The second kappa shape index (κ2) is 8.48. The van der Waals surface area contributed by atoms with Gasteiger partial charge in [0.1, 0.15) is 0 Å². The topological polar surface area (TPSA) is 20.3 Å². The quantitative estimate of drug-likeness (QED) is 0.674. The number of hydrogen-bond acceptors (Lipinski definition) is 3. The van der Waals surface area contributed by atoms with Gasteiger partial charge in [-0.15, -0.1) is 0 Å². The van der Waals surface area contributed by atoms with E-state index in [2.05, 4.69) is 44.1 Å². The number of benzene rings is 1. The highest BCUT2D eigenvalue weighted by Crippen LogP contribution is 2.16. The summed E-state index contributed by atoms with van der Waals surface area (Å²) in [5.41, 5.74) is 2.10. The van der Waals surface area contributed by atoms with Crippen molar-refractivity contribution in [3.05, 3.63) is 35.4 Å². The van der Waals surface area contributed by atoms with E-state index in [0.717, 1.165) is 17.7 Å². The standard InChI is InChI=1S/C17H27NOS/c1-6-16(12-20-5)18(4)11-17(19)15-9-7-14(8-10-15)13(2)3/h7-10,13,16H,6,11-12H2,1-5H3. The molecule has 1 aromatic rings. The number of thioether (sulfide) groups is 1. The fourth-order valence-corrected chi connectivity index (χ4v) is 3.12. The van der Waals surface area contributed by atoms with E-state index in [0.29, 0.717) is 18.5 Å². The zero-order valence-electron chi connectivity index (χ0n) is 13.3. The predicted molar refractivity (Wildman–Crippen MR) is 90.0 cm³/mol. The van der Waals surface area contributed by atoms with Crippen LogP contribution in [0.4, 0.5) is 0 Å². The summed E-state index contributed by atoms with van der Waals surface area (Å²) in [6, 6.07) is 8.53. The number of carbonyl (C=O) groups excluding carboxylic acids is 1. The molecule has 0 saturated heterocycles. The van der Waals surface area contributed by atoms with Crippen molar-refractivity contribution >= 4 is 17.5 Å². The lowest BCUT2D eigenvalue weighted by Gasteiger charge is -2.25. The Morgan fingerprint density at radius 2 is 1.85 bits per heavy atom. The first-order valence-corrected chi connectivity index (χ1v) is 8.71. The van der Waals surface area contributed by atoms with Crippen molar-refractivity contribution in [2.75, 3.05) is 25.6 Å². The van der Waals surface area contributed by atoms with Crippen LogP contribution >= 0.6 is 11.8 Å². The van der Waals surface area contributed by atoms with Crippen molar-refractivity contribution in [1.82, 2.24) is 4.90 Å². The fraction of sp³-hybridized carbons (Fsp3) is 0.588. The Bertz CT molecular complexity index is 414. The van der Waals surface area contributed by atoms with E-state index in [9.17, 15) is 4.79 Å². The van der Waals surface area contributed by atoms with Crippen LogP contribution in [-0.2, 0) is 0 Å². The van der Waals surface area contributed by atoms with Gasteiger partial charge in [0.25, 0.3) is 0 Å². The number of rotatable bonds is 8. The van der Waals surface area contributed by atoms with E-state index in [4.69, 9.17) is 0 Å². The summed E-state index contributed by atoms with van der Waals surface area (Å²) in [4.78, 5) is 14.5. The van der Waals surface area contributed by atoms with E-state index >= 15 is 0 Å². The lowest BCUT2D eigenvalue weighted by atomic mass is 10.0. The molecule has 3 heteroatoms. The van der Waals surface area contributed by atoms with Gasteiger partial charge in [-0.1, -0.05) is 45.0 Å². The second-order valence-corrected chi connectivity index (χ2v) is 6.54. The first kappa shape index (κ1) is 17.3. The van der Waals surface area contributed by atoms with E-state index in [1.807, 2.05) is 30.9 Å². The first-order chi connectivity index (χ1) is 9.49. The molecular formula is C17H27NOS. The normalized spacial score (nSPS) is 12.9. The van der Waals surface area contributed by atoms with Gasteiger partial charge in [0, 0.05) is 17.4 Å². The van der Waals surface area contributed by atoms with Crippen molar-refractivity contribution < 1.29 is 4.79 Å². The molecule has 20 heavy (non-hydrogen) atoms. The molecule has 0 amide bonds. The zero-order chi connectivity index (χ0) is 15.1. The van der Waals surface area contributed by atoms with Crippen LogP contribution in [0.25, 0.3) is 0 Å². The molecule has 0 heterocycles. The average Bonchev–Trinajstić information content (AvgIpc) is 2.44. The van der Waals surface area contributed by atoms with E-state index in [-0.39, 0.29) is 5.78 Å². The minimum atomic E-state index is 0.211. The SMILES string of the molecule is CCC(CSC)N(C)CC(=O)c1ccc(C(C)C)cc1. The third-order valence-electron chi connectivity index (χ3n) is 3.75. The van der Waals surface area contributed by atoms with Crippen molar-refractivity contribution in [3.8, 4) is 0 Å². The van der Waals surface area contributed by atoms with Gasteiger partial charge in [0.2, 0.25) is 0 Å². The number of likely N-dealkylation sites (N-methyl/N-ethyl adjacent to an activating group) is 1. The molecule has 1 aromatic carbocycles. The number of carbonyl (C=O) groups is 1. The second-order valence-electron chi connectivity index (χ2n) is 5.63. The van der Waals surface area contributed by atoms with E-state index < -0.39 is 0 Å². The number of nitrogens with zero attached hydrogens (tertiary/aromatic N) is 1. The van der Waals surface area contributed by atoms with Crippen LogP contribution in [0.5, 0.6) is 0 Å². The maximum Gasteiger partial charge on any atom is 0.176 e. The molecule has 0 bridgehead atoms. The molecule has 1 atom stereocenters. The molecule has 0 N–H and O–H groups in total. The summed E-state index contributed by atoms with van der Waals surface area (Å²) < 4.78 is 0. The van der Waals surface area contributed by atoms with E-state index in [1.54, 1.807) is 0 Å².